The topological polar surface area (TPSA) is 88.3 Å². The van der Waals surface area contributed by atoms with Gasteiger partial charge in [0.2, 0.25) is 0 Å². The number of H-pyrrole nitrogens is 1. The summed E-state index contributed by atoms with van der Waals surface area (Å²) in [6.45, 7) is 3.83. The third-order valence-corrected chi connectivity index (χ3v) is 4.50. The summed E-state index contributed by atoms with van der Waals surface area (Å²) >= 11 is 6.10. The van der Waals surface area contributed by atoms with Crippen molar-refractivity contribution in [3.05, 3.63) is 74.0 Å². The van der Waals surface area contributed by atoms with Gasteiger partial charge in [0.05, 0.1) is 28.9 Å². The van der Waals surface area contributed by atoms with Gasteiger partial charge in [-0.25, -0.2) is 4.79 Å². The maximum Gasteiger partial charge on any atom is 0.337 e. The highest BCUT2D eigenvalue weighted by Crippen LogP contribution is 2.24. The maximum absolute atomic E-state index is 12.6. The number of carbonyl (C=O) groups is 2. The molecule has 0 spiro atoms. The summed E-state index contributed by atoms with van der Waals surface area (Å²) in [5.74, 6) is -1.18. The van der Waals surface area contributed by atoms with Crippen LogP contribution in [0.3, 0.4) is 0 Å². The van der Waals surface area contributed by atoms with Gasteiger partial charge in [-0.1, -0.05) is 23.2 Å². The molecule has 0 aliphatic rings. The first-order chi connectivity index (χ1) is 12.8. The molecule has 1 heterocycles. The number of halogens is 1. The zero-order valence-electron chi connectivity index (χ0n) is 15.0. The first kappa shape index (κ1) is 18.7. The Morgan fingerprint density at radius 1 is 1.11 bits per heavy atom. The Morgan fingerprint density at radius 3 is 2.56 bits per heavy atom. The standard InChI is InChI=1S/C20H17ClN2O4/c1-10-6-11(2)17-13(7-10)8-14(19(25)23-17)18(24)22-16-9-12(20(26)27-3)4-5-15(16)21/h4-9H,1-3H3,(H,22,24)(H,23,25). The van der Waals surface area contributed by atoms with E-state index >= 15 is 0 Å². The van der Waals surface area contributed by atoms with E-state index in [-0.39, 0.29) is 21.8 Å². The van der Waals surface area contributed by atoms with Crippen LogP contribution in [0.2, 0.25) is 5.02 Å². The van der Waals surface area contributed by atoms with E-state index in [0.717, 1.165) is 16.5 Å². The van der Waals surface area contributed by atoms with Crippen LogP contribution in [0.15, 0.2) is 41.2 Å². The number of hydrogen-bond donors (Lipinski definition) is 2. The molecule has 3 rings (SSSR count). The number of nitrogens with one attached hydrogen (secondary N) is 2. The maximum atomic E-state index is 12.6. The van der Waals surface area contributed by atoms with E-state index in [1.54, 1.807) is 6.07 Å². The van der Waals surface area contributed by atoms with E-state index in [0.29, 0.717) is 5.52 Å². The fraction of sp³-hybridized carbons (Fsp3) is 0.150. The summed E-state index contributed by atoms with van der Waals surface area (Å²) in [6, 6.07) is 9.74. The highest BCUT2D eigenvalue weighted by Gasteiger charge is 2.16. The highest BCUT2D eigenvalue weighted by atomic mass is 35.5. The van der Waals surface area contributed by atoms with Gasteiger partial charge in [-0.15, -0.1) is 0 Å². The summed E-state index contributed by atoms with van der Waals surface area (Å²) < 4.78 is 4.66. The van der Waals surface area contributed by atoms with Crippen LogP contribution in [0.4, 0.5) is 5.69 Å². The fourth-order valence-corrected chi connectivity index (χ4v) is 3.08. The minimum Gasteiger partial charge on any atom is -0.465 e. The van der Waals surface area contributed by atoms with Gasteiger partial charge < -0.3 is 15.0 Å². The Morgan fingerprint density at radius 2 is 1.85 bits per heavy atom. The number of aromatic nitrogens is 1. The first-order valence-electron chi connectivity index (χ1n) is 8.13. The average molecular weight is 385 g/mol. The zero-order valence-corrected chi connectivity index (χ0v) is 15.7. The molecule has 0 unspecified atom stereocenters. The number of aryl methyl sites for hydroxylation is 2. The van der Waals surface area contributed by atoms with Crippen LogP contribution in [0, 0.1) is 13.8 Å². The molecule has 1 amide bonds. The number of methoxy groups -OCH3 is 1. The summed E-state index contributed by atoms with van der Waals surface area (Å²) in [6.07, 6.45) is 0. The Labute approximate surface area is 160 Å². The monoisotopic (exact) mass is 384 g/mol. The molecule has 0 aliphatic carbocycles. The number of amides is 1. The molecule has 0 saturated heterocycles. The van der Waals surface area contributed by atoms with E-state index in [9.17, 15) is 14.4 Å². The molecule has 0 fully saturated rings. The van der Waals surface area contributed by atoms with Crippen LogP contribution in [-0.4, -0.2) is 24.0 Å². The second kappa shape index (κ2) is 7.25. The van der Waals surface area contributed by atoms with Crippen LogP contribution in [-0.2, 0) is 4.74 Å². The lowest BCUT2D eigenvalue weighted by molar-refractivity contribution is 0.0600. The molecule has 0 radical (unpaired) electrons. The van der Waals surface area contributed by atoms with Crippen molar-refractivity contribution in [1.82, 2.24) is 4.98 Å². The minimum atomic E-state index is -0.624. The first-order valence-corrected chi connectivity index (χ1v) is 8.51. The van der Waals surface area contributed by atoms with Crippen LogP contribution in [0.25, 0.3) is 10.9 Å². The van der Waals surface area contributed by atoms with Gasteiger partial charge in [-0.3, -0.25) is 9.59 Å². The molecule has 0 saturated carbocycles. The van der Waals surface area contributed by atoms with Gasteiger partial charge in [-0.05, 0) is 55.1 Å². The van der Waals surface area contributed by atoms with Crippen LogP contribution in [0.1, 0.15) is 31.8 Å². The van der Waals surface area contributed by atoms with Crippen molar-refractivity contribution in [2.24, 2.45) is 0 Å². The van der Waals surface area contributed by atoms with Crippen molar-refractivity contribution in [3.63, 3.8) is 0 Å². The Bertz CT molecular complexity index is 1130. The van der Waals surface area contributed by atoms with Gasteiger partial charge >= 0.3 is 5.97 Å². The molecule has 6 nitrogen and oxygen atoms in total. The number of ether oxygens (including phenoxy) is 1. The number of carbonyl (C=O) groups excluding carboxylic acids is 2. The lowest BCUT2D eigenvalue weighted by atomic mass is 10.0. The number of rotatable bonds is 3. The Balaban J connectivity index is 2.01. The van der Waals surface area contributed by atoms with Gasteiger partial charge in [0.25, 0.3) is 11.5 Å². The van der Waals surface area contributed by atoms with Crippen molar-refractivity contribution >= 4 is 40.1 Å². The van der Waals surface area contributed by atoms with Crippen LogP contribution < -0.4 is 10.9 Å². The molecule has 138 valence electrons. The van der Waals surface area contributed by atoms with Crippen molar-refractivity contribution in [2.45, 2.75) is 13.8 Å². The predicted octanol–water partition coefficient (Wildman–Crippen LogP) is 3.84. The SMILES string of the molecule is COC(=O)c1ccc(Cl)c(NC(=O)c2cc3cc(C)cc(C)c3[nH]c2=O)c1. The molecule has 27 heavy (non-hydrogen) atoms. The predicted molar refractivity (Wildman–Crippen MR) is 105 cm³/mol. The Kier molecular flexibility index (Phi) is 5.01. The number of esters is 1. The van der Waals surface area contributed by atoms with Crippen molar-refractivity contribution < 1.29 is 14.3 Å². The van der Waals surface area contributed by atoms with E-state index in [4.69, 9.17) is 11.6 Å². The third kappa shape index (κ3) is 3.71. The smallest absolute Gasteiger partial charge is 0.337 e. The minimum absolute atomic E-state index is 0.0490. The second-order valence-electron chi connectivity index (χ2n) is 6.20. The molecule has 0 aliphatic heterocycles. The molecular weight excluding hydrogens is 368 g/mol. The van der Waals surface area contributed by atoms with Crippen LogP contribution >= 0.6 is 11.6 Å². The van der Waals surface area contributed by atoms with Crippen molar-refractivity contribution in [3.8, 4) is 0 Å². The lowest BCUT2D eigenvalue weighted by Crippen LogP contribution is -2.23. The quantitative estimate of drug-likeness (QED) is 0.671. The molecule has 3 aromatic rings. The second-order valence-corrected chi connectivity index (χ2v) is 6.61. The normalized spacial score (nSPS) is 10.7. The molecule has 0 bridgehead atoms. The van der Waals surface area contributed by atoms with Crippen LogP contribution in [0.5, 0.6) is 0 Å². The van der Waals surface area contributed by atoms with Gasteiger partial charge in [0.15, 0.2) is 0 Å². The third-order valence-electron chi connectivity index (χ3n) is 4.17. The van der Waals surface area contributed by atoms with E-state index in [2.05, 4.69) is 15.0 Å². The highest BCUT2D eigenvalue weighted by molar-refractivity contribution is 6.34. The van der Waals surface area contributed by atoms with E-state index < -0.39 is 17.4 Å². The average Bonchev–Trinajstić information content (AvgIpc) is 2.63. The number of aromatic amines is 1. The largest absolute Gasteiger partial charge is 0.465 e. The summed E-state index contributed by atoms with van der Waals surface area (Å²) in [5.41, 5.74) is 2.52. The number of hydrogen-bond acceptors (Lipinski definition) is 4. The number of pyridine rings is 1. The van der Waals surface area contributed by atoms with Gasteiger partial charge in [0.1, 0.15) is 5.56 Å². The molecule has 1 aromatic heterocycles. The summed E-state index contributed by atoms with van der Waals surface area (Å²) in [5, 5.41) is 3.57. The molecule has 2 aromatic carbocycles. The Hall–Kier alpha value is -3.12. The number of anilines is 1. The van der Waals surface area contributed by atoms with E-state index in [1.807, 2.05) is 26.0 Å². The van der Waals surface area contributed by atoms with Gasteiger partial charge in [0, 0.05) is 0 Å². The van der Waals surface area contributed by atoms with E-state index in [1.165, 1.54) is 25.3 Å². The molecule has 0 atom stereocenters. The summed E-state index contributed by atoms with van der Waals surface area (Å²) in [4.78, 5) is 39.4. The van der Waals surface area contributed by atoms with Crippen molar-refractivity contribution in [2.75, 3.05) is 12.4 Å². The molecular formula is C20H17ClN2O4. The number of benzene rings is 2. The zero-order chi connectivity index (χ0) is 19.7. The van der Waals surface area contributed by atoms with Gasteiger partial charge in [-0.2, -0.15) is 0 Å². The summed E-state index contributed by atoms with van der Waals surface area (Å²) in [7, 11) is 1.26. The van der Waals surface area contributed by atoms with Crippen molar-refractivity contribution in [1.29, 1.82) is 0 Å². The fourth-order valence-electron chi connectivity index (χ4n) is 2.91. The lowest BCUT2D eigenvalue weighted by Gasteiger charge is -2.10. The molecule has 2 N–H and O–H groups in total. The molecule has 7 heteroatoms. The number of fused-ring (bicyclic) bond motifs is 1.